The molecule has 0 saturated heterocycles. The van der Waals surface area contributed by atoms with E-state index in [9.17, 15) is 0 Å². The number of allylic oxidation sites excluding steroid dienone is 4. The molecule has 0 aromatic rings. The maximum absolute atomic E-state index is 3.67. The van der Waals surface area contributed by atoms with Crippen molar-refractivity contribution in [1.82, 2.24) is 0 Å². The first-order valence-corrected chi connectivity index (χ1v) is 2.97. The predicted octanol–water partition coefficient (Wildman–Crippen LogP) is 2.73. The van der Waals surface area contributed by atoms with Crippen LogP contribution in [0.3, 0.4) is 0 Å². The van der Waals surface area contributed by atoms with Crippen molar-refractivity contribution in [2.24, 2.45) is 0 Å². The molecular formula is C8H13. The second kappa shape index (κ2) is 6.48. The lowest BCUT2D eigenvalue weighted by atomic mass is 10.3. The van der Waals surface area contributed by atoms with Gasteiger partial charge in [0.25, 0.3) is 0 Å². The molecule has 0 aliphatic carbocycles. The van der Waals surface area contributed by atoms with E-state index in [-0.39, 0.29) is 0 Å². The van der Waals surface area contributed by atoms with Crippen LogP contribution in [0.4, 0.5) is 0 Å². The van der Waals surface area contributed by atoms with Gasteiger partial charge in [-0.2, -0.15) is 0 Å². The van der Waals surface area contributed by atoms with Crippen LogP contribution >= 0.6 is 0 Å². The van der Waals surface area contributed by atoms with Crippen molar-refractivity contribution in [3.8, 4) is 0 Å². The van der Waals surface area contributed by atoms with Crippen LogP contribution in [0.1, 0.15) is 19.8 Å². The number of hydrogen-bond donors (Lipinski definition) is 0. The van der Waals surface area contributed by atoms with Crippen molar-refractivity contribution >= 4 is 0 Å². The minimum Gasteiger partial charge on any atom is -0.0914 e. The second-order valence-corrected chi connectivity index (χ2v) is 1.56. The maximum Gasteiger partial charge on any atom is -0.0169 e. The second-order valence-electron chi connectivity index (χ2n) is 1.56. The molecule has 0 nitrogen and oxygen atoms in total. The Hall–Kier alpha value is -0.520. The van der Waals surface area contributed by atoms with Crippen LogP contribution in [0.5, 0.6) is 0 Å². The zero-order valence-electron chi connectivity index (χ0n) is 5.43. The van der Waals surface area contributed by atoms with Gasteiger partial charge in [0, 0.05) is 0 Å². The molecule has 0 aromatic heterocycles. The Morgan fingerprint density at radius 3 is 2.50 bits per heavy atom. The molecule has 0 atom stereocenters. The van der Waals surface area contributed by atoms with Crippen LogP contribution in [0.15, 0.2) is 24.3 Å². The van der Waals surface area contributed by atoms with Gasteiger partial charge in [0.2, 0.25) is 0 Å². The Morgan fingerprint density at radius 2 is 2.00 bits per heavy atom. The first kappa shape index (κ1) is 7.48. The fraction of sp³-hybridized carbons (Fsp3) is 0.375. The van der Waals surface area contributed by atoms with Crippen molar-refractivity contribution < 1.29 is 0 Å². The topological polar surface area (TPSA) is 0 Å². The van der Waals surface area contributed by atoms with E-state index in [1.54, 1.807) is 0 Å². The molecule has 0 amide bonds. The first-order valence-electron chi connectivity index (χ1n) is 2.97. The SMILES string of the molecule is [CH2]C/C=C/C/C=C/C. The molecule has 0 heteroatoms. The molecule has 0 saturated carbocycles. The fourth-order valence-electron chi connectivity index (χ4n) is 0.429. The van der Waals surface area contributed by atoms with Crippen LogP contribution < -0.4 is 0 Å². The van der Waals surface area contributed by atoms with Gasteiger partial charge < -0.3 is 0 Å². The minimum atomic E-state index is 0.900. The first-order chi connectivity index (χ1) is 3.91. The molecule has 0 N–H and O–H groups in total. The standard InChI is InChI=1S/C8H13/c1-3-5-7-8-6-4-2/h4-7H,1,3,8H2,2H3/b6-4+,7-5+. The average Bonchev–Trinajstić information content (AvgIpc) is 1.81. The molecule has 45 valence electrons. The molecule has 0 aromatic carbocycles. The Bertz CT molecular complexity index is 78.0. The molecule has 8 heavy (non-hydrogen) atoms. The predicted molar refractivity (Wildman–Crippen MR) is 38.5 cm³/mol. The van der Waals surface area contributed by atoms with E-state index in [0.717, 1.165) is 12.8 Å². The number of rotatable bonds is 3. The Labute approximate surface area is 51.9 Å². The summed E-state index contributed by atoms with van der Waals surface area (Å²) in [5.74, 6) is 0. The highest BCUT2D eigenvalue weighted by Gasteiger charge is 1.65. The van der Waals surface area contributed by atoms with Crippen molar-refractivity contribution in [2.75, 3.05) is 0 Å². The van der Waals surface area contributed by atoms with Gasteiger partial charge in [0.1, 0.15) is 0 Å². The van der Waals surface area contributed by atoms with Gasteiger partial charge in [0.05, 0.1) is 0 Å². The van der Waals surface area contributed by atoms with Crippen LogP contribution in [0.2, 0.25) is 0 Å². The van der Waals surface area contributed by atoms with Gasteiger partial charge in [-0.15, -0.1) is 0 Å². The summed E-state index contributed by atoms with van der Waals surface area (Å²) in [5.41, 5.74) is 0. The maximum atomic E-state index is 3.67. The third kappa shape index (κ3) is 5.48. The van der Waals surface area contributed by atoms with E-state index in [1.165, 1.54) is 0 Å². The molecule has 0 spiro atoms. The summed E-state index contributed by atoms with van der Waals surface area (Å²) in [7, 11) is 0. The highest BCUT2D eigenvalue weighted by atomic mass is 13.7. The highest BCUT2D eigenvalue weighted by Crippen LogP contribution is 1.86. The zero-order chi connectivity index (χ0) is 6.24. The average molecular weight is 109 g/mol. The Morgan fingerprint density at radius 1 is 1.25 bits per heavy atom. The van der Waals surface area contributed by atoms with Gasteiger partial charge in [-0.05, 0) is 26.7 Å². The smallest absolute Gasteiger partial charge is 0.0169 e. The quantitative estimate of drug-likeness (QED) is 0.489. The summed E-state index contributed by atoms with van der Waals surface area (Å²) in [4.78, 5) is 0. The molecule has 0 aliphatic heterocycles. The third-order valence-electron chi connectivity index (χ3n) is 0.841. The van der Waals surface area contributed by atoms with E-state index in [1.807, 2.05) is 13.0 Å². The van der Waals surface area contributed by atoms with Crippen LogP contribution in [0, 0.1) is 6.92 Å². The highest BCUT2D eigenvalue weighted by molar-refractivity contribution is 4.91. The lowest BCUT2D eigenvalue weighted by molar-refractivity contribution is 1.31. The third-order valence-corrected chi connectivity index (χ3v) is 0.841. The van der Waals surface area contributed by atoms with Crippen molar-refractivity contribution in [3.63, 3.8) is 0 Å². The molecule has 0 unspecified atom stereocenters. The van der Waals surface area contributed by atoms with Gasteiger partial charge in [0.15, 0.2) is 0 Å². The fourth-order valence-corrected chi connectivity index (χ4v) is 0.429. The summed E-state index contributed by atoms with van der Waals surface area (Å²) in [6.45, 7) is 5.70. The van der Waals surface area contributed by atoms with Gasteiger partial charge in [-0.1, -0.05) is 24.3 Å². The molecule has 0 fully saturated rings. The molecule has 0 heterocycles. The monoisotopic (exact) mass is 109 g/mol. The Balaban J connectivity index is 3.03. The summed E-state index contributed by atoms with van der Waals surface area (Å²) < 4.78 is 0. The Kier molecular flexibility index (Phi) is 6.06. The lowest BCUT2D eigenvalue weighted by Crippen LogP contribution is -1.56. The molecule has 0 bridgehead atoms. The van der Waals surface area contributed by atoms with E-state index in [4.69, 9.17) is 0 Å². The summed E-state index contributed by atoms with van der Waals surface area (Å²) in [5, 5.41) is 0. The summed E-state index contributed by atoms with van der Waals surface area (Å²) in [6, 6.07) is 0. The summed E-state index contributed by atoms with van der Waals surface area (Å²) in [6.07, 6.45) is 10.3. The largest absolute Gasteiger partial charge is 0.0914 e. The molecular weight excluding hydrogens is 96.1 g/mol. The van der Waals surface area contributed by atoms with Crippen molar-refractivity contribution in [2.45, 2.75) is 19.8 Å². The normalized spacial score (nSPS) is 11.8. The van der Waals surface area contributed by atoms with E-state index in [0.29, 0.717) is 0 Å². The lowest BCUT2D eigenvalue weighted by Gasteiger charge is -1.77. The van der Waals surface area contributed by atoms with Crippen LogP contribution in [-0.2, 0) is 0 Å². The van der Waals surface area contributed by atoms with E-state index >= 15 is 0 Å². The van der Waals surface area contributed by atoms with Gasteiger partial charge >= 0.3 is 0 Å². The minimum absolute atomic E-state index is 0.900. The number of hydrogen-bond acceptors (Lipinski definition) is 0. The zero-order valence-corrected chi connectivity index (χ0v) is 5.43. The van der Waals surface area contributed by atoms with Crippen molar-refractivity contribution in [3.05, 3.63) is 31.2 Å². The van der Waals surface area contributed by atoms with Crippen LogP contribution in [-0.4, -0.2) is 0 Å². The van der Waals surface area contributed by atoms with E-state index < -0.39 is 0 Å². The molecule has 0 rings (SSSR count). The summed E-state index contributed by atoms with van der Waals surface area (Å²) >= 11 is 0. The molecule has 1 radical (unpaired) electrons. The van der Waals surface area contributed by atoms with Crippen molar-refractivity contribution in [1.29, 1.82) is 0 Å². The van der Waals surface area contributed by atoms with E-state index in [2.05, 4.69) is 25.2 Å². The van der Waals surface area contributed by atoms with Crippen LogP contribution in [0.25, 0.3) is 0 Å². The van der Waals surface area contributed by atoms with Gasteiger partial charge in [-0.3, -0.25) is 0 Å². The van der Waals surface area contributed by atoms with Gasteiger partial charge in [-0.25, -0.2) is 0 Å². The molecule has 0 aliphatic rings.